The quantitative estimate of drug-likeness (QED) is 0.753. The molecule has 0 atom stereocenters. The van der Waals surface area contributed by atoms with Crippen LogP contribution in [0.1, 0.15) is 34.5 Å². The van der Waals surface area contributed by atoms with E-state index in [0.717, 1.165) is 39.3 Å². The van der Waals surface area contributed by atoms with Crippen LogP contribution in [0, 0.1) is 0 Å². The number of hydrogen-bond donors (Lipinski definition) is 2. The Kier molecular flexibility index (Phi) is 6.19. The molecule has 0 radical (unpaired) electrons. The Morgan fingerprint density at radius 1 is 1.15 bits per heavy atom. The van der Waals surface area contributed by atoms with E-state index in [-0.39, 0.29) is 23.3 Å². The Morgan fingerprint density at radius 2 is 1.92 bits per heavy atom. The lowest BCUT2D eigenvalue weighted by atomic mass is 10.3. The van der Waals surface area contributed by atoms with Crippen LogP contribution in [-0.4, -0.2) is 72.0 Å². The van der Waals surface area contributed by atoms with Crippen molar-refractivity contribution in [3.8, 4) is 0 Å². The van der Waals surface area contributed by atoms with Crippen LogP contribution in [0.5, 0.6) is 0 Å². The van der Waals surface area contributed by atoms with Crippen molar-refractivity contribution in [2.24, 2.45) is 0 Å². The van der Waals surface area contributed by atoms with Crippen LogP contribution in [0.25, 0.3) is 5.52 Å². The van der Waals surface area contributed by atoms with E-state index in [0.29, 0.717) is 18.6 Å². The van der Waals surface area contributed by atoms with Gasteiger partial charge in [-0.25, -0.2) is 4.98 Å². The summed E-state index contributed by atoms with van der Waals surface area (Å²) in [5, 5.41) is 5.71. The molecule has 0 unspecified atom stereocenters. The molecule has 1 aliphatic heterocycles. The monoisotopic (exact) mass is 359 g/mol. The average Bonchev–Trinajstić information content (AvgIpc) is 3.07. The van der Waals surface area contributed by atoms with E-state index in [1.54, 1.807) is 16.7 Å². The maximum absolute atomic E-state index is 12.6. The largest absolute Gasteiger partial charge is 0.379 e. The summed E-state index contributed by atoms with van der Waals surface area (Å²) < 4.78 is 6.98. The summed E-state index contributed by atoms with van der Waals surface area (Å²) in [6.45, 7) is 7.07. The molecule has 1 fully saturated rings. The molecule has 2 amide bonds. The predicted octanol–water partition coefficient (Wildman–Crippen LogP) is 0.536. The lowest BCUT2D eigenvalue weighted by molar-refractivity contribution is 0.0383. The Balaban J connectivity index is 1.70. The van der Waals surface area contributed by atoms with E-state index < -0.39 is 0 Å². The van der Waals surface area contributed by atoms with Gasteiger partial charge in [0.25, 0.3) is 11.8 Å². The van der Waals surface area contributed by atoms with Crippen molar-refractivity contribution < 1.29 is 14.3 Å². The van der Waals surface area contributed by atoms with Crippen molar-refractivity contribution in [2.75, 3.05) is 45.9 Å². The lowest BCUT2D eigenvalue weighted by Crippen LogP contribution is -2.41. The molecule has 8 heteroatoms. The number of amides is 2. The van der Waals surface area contributed by atoms with Gasteiger partial charge >= 0.3 is 0 Å². The van der Waals surface area contributed by atoms with Gasteiger partial charge in [0.05, 0.1) is 18.7 Å². The van der Waals surface area contributed by atoms with E-state index in [9.17, 15) is 9.59 Å². The summed E-state index contributed by atoms with van der Waals surface area (Å²) >= 11 is 0. The molecule has 1 saturated heterocycles. The predicted molar refractivity (Wildman–Crippen MR) is 97.4 cm³/mol. The lowest BCUT2D eigenvalue weighted by Gasteiger charge is -2.26. The number of morpholine rings is 1. The van der Waals surface area contributed by atoms with Gasteiger partial charge in [0.2, 0.25) is 5.82 Å². The minimum absolute atomic E-state index is 0.226. The fraction of sp³-hybridized carbons (Fsp3) is 0.500. The molecule has 3 rings (SSSR count). The first-order valence-corrected chi connectivity index (χ1v) is 9.04. The maximum Gasteiger partial charge on any atom is 0.287 e. The summed E-state index contributed by atoms with van der Waals surface area (Å²) in [6, 6.07) is 5.43. The van der Waals surface area contributed by atoms with E-state index in [2.05, 4.69) is 20.5 Å². The minimum atomic E-state index is -0.283. The highest BCUT2D eigenvalue weighted by Gasteiger charge is 2.21. The highest BCUT2D eigenvalue weighted by molar-refractivity contribution is 6.02. The van der Waals surface area contributed by atoms with Gasteiger partial charge in [-0.1, -0.05) is 13.0 Å². The first kappa shape index (κ1) is 18.3. The van der Waals surface area contributed by atoms with Crippen molar-refractivity contribution in [2.45, 2.75) is 13.3 Å². The Labute approximate surface area is 152 Å². The highest BCUT2D eigenvalue weighted by Crippen LogP contribution is 2.13. The van der Waals surface area contributed by atoms with E-state index in [1.165, 1.54) is 0 Å². The van der Waals surface area contributed by atoms with Gasteiger partial charge in [0, 0.05) is 38.9 Å². The molecule has 2 aromatic heterocycles. The molecule has 0 saturated carbocycles. The van der Waals surface area contributed by atoms with Crippen molar-refractivity contribution in [3.63, 3.8) is 0 Å². The zero-order valence-corrected chi connectivity index (χ0v) is 15.0. The van der Waals surface area contributed by atoms with Gasteiger partial charge in [0.1, 0.15) is 0 Å². The first-order chi connectivity index (χ1) is 12.7. The van der Waals surface area contributed by atoms with Crippen molar-refractivity contribution >= 4 is 17.3 Å². The zero-order valence-electron chi connectivity index (χ0n) is 15.0. The van der Waals surface area contributed by atoms with Gasteiger partial charge in [0.15, 0.2) is 5.69 Å². The first-order valence-electron chi connectivity index (χ1n) is 9.04. The number of ether oxygens (including phenoxy) is 1. The molecule has 3 heterocycles. The minimum Gasteiger partial charge on any atom is -0.379 e. The van der Waals surface area contributed by atoms with Crippen LogP contribution in [-0.2, 0) is 4.74 Å². The van der Waals surface area contributed by atoms with Crippen LogP contribution >= 0.6 is 0 Å². The van der Waals surface area contributed by atoms with Gasteiger partial charge in [-0.3, -0.25) is 18.9 Å². The zero-order chi connectivity index (χ0) is 18.4. The number of rotatable bonds is 7. The fourth-order valence-corrected chi connectivity index (χ4v) is 2.92. The molecule has 1 aliphatic rings. The molecule has 0 aromatic carbocycles. The molecule has 0 bridgehead atoms. The normalized spacial score (nSPS) is 15.1. The fourth-order valence-electron chi connectivity index (χ4n) is 2.92. The van der Waals surface area contributed by atoms with E-state index >= 15 is 0 Å². The smallest absolute Gasteiger partial charge is 0.287 e. The molecule has 0 spiro atoms. The van der Waals surface area contributed by atoms with Gasteiger partial charge in [-0.05, 0) is 18.6 Å². The summed E-state index contributed by atoms with van der Waals surface area (Å²) in [5.74, 6) is -0.318. The molecule has 140 valence electrons. The van der Waals surface area contributed by atoms with E-state index in [1.807, 2.05) is 19.1 Å². The van der Waals surface area contributed by atoms with Crippen molar-refractivity contribution in [1.82, 2.24) is 24.9 Å². The third kappa shape index (κ3) is 4.20. The summed E-state index contributed by atoms with van der Waals surface area (Å²) in [4.78, 5) is 31.5. The van der Waals surface area contributed by atoms with Gasteiger partial charge in [-0.2, -0.15) is 0 Å². The van der Waals surface area contributed by atoms with Gasteiger partial charge in [-0.15, -0.1) is 0 Å². The topological polar surface area (TPSA) is 88.0 Å². The Hall–Kier alpha value is -2.45. The number of nitrogens with one attached hydrogen (secondary N) is 2. The second kappa shape index (κ2) is 8.77. The number of hydrogen-bond acceptors (Lipinski definition) is 5. The molecular formula is C18H25N5O3. The highest BCUT2D eigenvalue weighted by atomic mass is 16.5. The second-order valence-corrected chi connectivity index (χ2v) is 6.21. The molecule has 2 N–H and O–H groups in total. The standard InChI is InChI=1S/C18H25N5O3/c1-2-6-19-17(24)15-14-5-3-4-8-23(14)16(21-15)18(25)20-7-9-22-10-12-26-13-11-22/h3-5,8H,2,6-7,9-13H2,1H3,(H,19,24)(H,20,25). The second-order valence-electron chi connectivity index (χ2n) is 6.21. The summed E-state index contributed by atoms with van der Waals surface area (Å²) in [6.07, 6.45) is 2.59. The number of carbonyl (C=O) groups is 2. The Bertz CT molecular complexity index is 767. The van der Waals surface area contributed by atoms with Crippen LogP contribution in [0.3, 0.4) is 0 Å². The number of aromatic nitrogens is 2. The average molecular weight is 359 g/mol. The summed E-state index contributed by atoms with van der Waals surface area (Å²) in [5.41, 5.74) is 0.900. The molecule has 2 aromatic rings. The van der Waals surface area contributed by atoms with Crippen LogP contribution in [0.15, 0.2) is 24.4 Å². The van der Waals surface area contributed by atoms with Crippen LogP contribution in [0.2, 0.25) is 0 Å². The third-order valence-corrected chi connectivity index (χ3v) is 4.32. The number of imidazole rings is 1. The van der Waals surface area contributed by atoms with E-state index in [4.69, 9.17) is 4.74 Å². The van der Waals surface area contributed by atoms with Crippen molar-refractivity contribution in [1.29, 1.82) is 0 Å². The third-order valence-electron chi connectivity index (χ3n) is 4.32. The molecule has 26 heavy (non-hydrogen) atoms. The van der Waals surface area contributed by atoms with Crippen molar-refractivity contribution in [3.05, 3.63) is 35.9 Å². The van der Waals surface area contributed by atoms with Crippen LogP contribution in [0.4, 0.5) is 0 Å². The number of nitrogens with zero attached hydrogens (tertiary/aromatic N) is 3. The maximum atomic E-state index is 12.6. The Morgan fingerprint density at radius 3 is 2.69 bits per heavy atom. The molecule has 8 nitrogen and oxygen atoms in total. The van der Waals surface area contributed by atoms with Crippen LogP contribution < -0.4 is 10.6 Å². The SMILES string of the molecule is CCCNC(=O)c1nc(C(=O)NCCN2CCOCC2)n2ccccc12. The number of fused-ring (bicyclic) bond motifs is 1. The number of carbonyl (C=O) groups excluding carboxylic acids is 2. The van der Waals surface area contributed by atoms with Gasteiger partial charge < -0.3 is 15.4 Å². The summed E-state index contributed by atoms with van der Waals surface area (Å²) in [7, 11) is 0. The number of pyridine rings is 1. The molecular weight excluding hydrogens is 334 g/mol. The molecule has 0 aliphatic carbocycles.